The van der Waals surface area contributed by atoms with Gasteiger partial charge in [0.05, 0.1) is 0 Å². The number of pyridine rings is 1. The van der Waals surface area contributed by atoms with Crippen LogP contribution < -0.4 is 10.6 Å². The van der Waals surface area contributed by atoms with Crippen molar-refractivity contribution in [1.82, 2.24) is 4.98 Å². The lowest BCUT2D eigenvalue weighted by Gasteiger charge is -2.20. The molecule has 0 bridgehead atoms. The van der Waals surface area contributed by atoms with Crippen LogP contribution in [0.15, 0.2) is 42.5 Å². The topological polar surface area (TPSA) is 42.1 Å². The second-order valence-corrected chi connectivity index (χ2v) is 5.20. The second kappa shape index (κ2) is 6.53. The predicted octanol–water partition coefficient (Wildman–Crippen LogP) is 3.44. The van der Waals surface area contributed by atoms with Gasteiger partial charge in [-0.25, -0.2) is 4.98 Å². The van der Waals surface area contributed by atoms with Crippen molar-refractivity contribution in [1.29, 1.82) is 0 Å². The highest BCUT2D eigenvalue weighted by Crippen LogP contribution is 2.21. The lowest BCUT2D eigenvalue weighted by atomic mass is 10.0. The maximum atomic E-state index is 6.09. The smallest absolute Gasteiger partial charge is 0.128 e. The lowest BCUT2D eigenvalue weighted by Crippen LogP contribution is -2.19. The van der Waals surface area contributed by atoms with Gasteiger partial charge in [-0.05, 0) is 30.5 Å². The van der Waals surface area contributed by atoms with E-state index >= 15 is 0 Å². The molecule has 0 spiro atoms. The van der Waals surface area contributed by atoms with E-state index in [-0.39, 0.29) is 6.04 Å². The summed E-state index contributed by atoms with van der Waals surface area (Å²) in [5, 5.41) is 0. The molecule has 0 aliphatic rings. The van der Waals surface area contributed by atoms with Gasteiger partial charge in [-0.3, -0.25) is 0 Å². The van der Waals surface area contributed by atoms with Crippen molar-refractivity contribution in [2.75, 3.05) is 11.9 Å². The zero-order valence-corrected chi connectivity index (χ0v) is 12.5. The van der Waals surface area contributed by atoms with E-state index in [0.717, 1.165) is 30.0 Å². The Hall–Kier alpha value is -1.87. The normalized spacial score (nSPS) is 12.2. The Morgan fingerprint density at radius 2 is 1.85 bits per heavy atom. The average molecular weight is 269 g/mol. The molecule has 0 amide bonds. The first kappa shape index (κ1) is 14.5. The van der Waals surface area contributed by atoms with E-state index in [1.165, 1.54) is 5.56 Å². The van der Waals surface area contributed by atoms with E-state index < -0.39 is 0 Å². The SMILES string of the molecule is CC[C@H](N)c1ccc(N(C)Cc2ccccc2)nc1C. The molecule has 106 valence electrons. The first-order valence-corrected chi connectivity index (χ1v) is 7.10. The number of benzene rings is 1. The van der Waals surface area contributed by atoms with Crippen molar-refractivity contribution >= 4 is 5.82 Å². The molecule has 0 unspecified atom stereocenters. The average Bonchev–Trinajstić information content (AvgIpc) is 2.47. The Morgan fingerprint density at radius 3 is 2.45 bits per heavy atom. The molecule has 2 N–H and O–H groups in total. The molecule has 3 heteroatoms. The van der Waals surface area contributed by atoms with Gasteiger partial charge in [0.2, 0.25) is 0 Å². The quantitative estimate of drug-likeness (QED) is 0.904. The third kappa shape index (κ3) is 3.36. The van der Waals surface area contributed by atoms with Gasteiger partial charge < -0.3 is 10.6 Å². The third-order valence-corrected chi connectivity index (χ3v) is 3.60. The van der Waals surface area contributed by atoms with Crippen LogP contribution in [0.1, 0.15) is 36.2 Å². The van der Waals surface area contributed by atoms with Crippen LogP contribution in [0.25, 0.3) is 0 Å². The summed E-state index contributed by atoms with van der Waals surface area (Å²) in [6.45, 7) is 4.98. The van der Waals surface area contributed by atoms with E-state index in [1.807, 2.05) is 13.0 Å². The van der Waals surface area contributed by atoms with Gasteiger partial charge in [-0.15, -0.1) is 0 Å². The molecule has 3 nitrogen and oxygen atoms in total. The highest BCUT2D eigenvalue weighted by atomic mass is 15.2. The molecule has 0 fully saturated rings. The summed E-state index contributed by atoms with van der Waals surface area (Å²) in [7, 11) is 2.06. The largest absolute Gasteiger partial charge is 0.355 e. The number of hydrogen-bond donors (Lipinski definition) is 1. The van der Waals surface area contributed by atoms with Gasteiger partial charge in [0.15, 0.2) is 0 Å². The maximum absolute atomic E-state index is 6.09. The Bertz CT molecular complexity index is 551. The highest BCUT2D eigenvalue weighted by Gasteiger charge is 2.10. The van der Waals surface area contributed by atoms with Crippen LogP contribution in [0.4, 0.5) is 5.82 Å². The molecule has 1 atom stereocenters. The van der Waals surface area contributed by atoms with Gasteiger partial charge in [0, 0.05) is 25.3 Å². The molecule has 0 saturated carbocycles. The van der Waals surface area contributed by atoms with E-state index in [4.69, 9.17) is 5.73 Å². The highest BCUT2D eigenvalue weighted by molar-refractivity contribution is 5.42. The number of rotatable bonds is 5. The molecule has 2 rings (SSSR count). The van der Waals surface area contributed by atoms with E-state index in [0.29, 0.717) is 0 Å². The van der Waals surface area contributed by atoms with E-state index in [1.54, 1.807) is 0 Å². The van der Waals surface area contributed by atoms with Crippen molar-refractivity contribution in [2.24, 2.45) is 5.73 Å². The number of aromatic nitrogens is 1. The second-order valence-electron chi connectivity index (χ2n) is 5.20. The Morgan fingerprint density at radius 1 is 1.15 bits per heavy atom. The summed E-state index contributed by atoms with van der Waals surface area (Å²) in [6.07, 6.45) is 0.932. The summed E-state index contributed by atoms with van der Waals surface area (Å²) in [5.74, 6) is 0.985. The molecule has 0 aliphatic carbocycles. The van der Waals surface area contributed by atoms with Crippen LogP contribution in [-0.4, -0.2) is 12.0 Å². The standard InChI is InChI=1S/C17H23N3/c1-4-16(18)15-10-11-17(19-13(15)2)20(3)12-14-8-6-5-7-9-14/h5-11,16H,4,12,18H2,1-3H3/t16-/m0/s1. The van der Waals surface area contributed by atoms with Crippen LogP contribution >= 0.6 is 0 Å². The predicted molar refractivity (Wildman–Crippen MR) is 84.7 cm³/mol. The van der Waals surface area contributed by atoms with E-state index in [2.05, 4.69) is 60.3 Å². The molecular formula is C17H23N3. The van der Waals surface area contributed by atoms with Crippen LogP contribution in [0, 0.1) is 6.92 Å². The zero-order valence-electron chi connectivity index (χ0n) is 12.5. The summed E-state index contributed by atoms with van der Waals surface area (Å²) in [6, 6.07) is 14.7. The summed E-state index contributed by atoms with van der Waals surface area (Å²) in [5.41, 5.74) is 9.54. The number of hydrogen-bond acceptors (Lipinski definition) is 3. The van der Waals surface area contributed by atoms with Gasteiger partial charge >= 0.3 is 0 Å². The molecule has 0 aliphatic heterocycles. The van der Waals surface area contributed by atoms with E-state index in [9.17, 15) is 0 Å². The fourth-order valence-electron chi connectivity index (χ4n) is 2.32. The molecular weight excluding hydrogens is 246 g/mol. The third-order valence-electron chi connectivity index (χ3n) is 3.60. The van der Waals surface area contributed by atoms with Crippen LogP contribution in [0.2, 0.25) is 0 Å². The molecule has 1 aromatic heterocycles. The Kier molecular flexibility index (Phi) is 4.74. The minimum Gasteiger partial charge on any atom is -0.355 e. The molecule has 1 heterocycles. The minimum atomic E-state index is 0.0796. The summed E-state index contributed by atoms with van der Waals surface area (Å²) >= 11 is 0. The number of anilines is 1. The number of nitrogens with zero attached hydrogens (tertiary/aromatic N) is 2. The van der Waals surface area contributed by atoms with Crippen LogP contribution in [0.5, 0.6) is 0 Å². The van der Waals surface area contributed by atoms with Gasteiger partial charge in [-0.2, -0.15) is 0 Å². The first-order chi connectivity index (χ1) is 9.61. The molecule has 0 radical (unpaired) electrons. The van der Waals surface area contributed by atoms with Crippen molar-refractivity contribution in [3.05, 3.63) is 59.3 Å². The fourth-order valence-corrected chi connectivity index (χ4v) is 2.32. The Balaban J connectivity index is 2.15. The van der Waals surface area contributed by atoms with Crippen molar-refractivity contribution in [3.63, 3.8) is 0 Å². The van der Waals surface area contributed by atoms with Crippen molar-refractivity contribution in [3.8, 4) is 0 Å². The lowest BCUT2D eigenvalue weighted by molar-refractivity contribution is 0.688. The van der Waals surface area contributed by atoms with Gasteiger partial charge in [0.1, 0.15) is 5.82 Å². The first-order valence-electron chi connectivity index (χ1n) is 7.10. The molecule has 20 heavy (non-hydrogen) atoms. The minimum absolute atomic E-state index is 0.0796. The zero-order chi connectivity index (χ0) is 14.5. The van der Waals surface area contributed by atoms with Crippen molar-refractivity contribution < 1.29 is 0 Å². The molecule has 2 aromatic rings. The van der Waals surface area contributed by atoms with Gasteiger partial charge in [-0.1, -0.05) is 43.3 Å². The monoisotopic (exact) mass is 269 g/mol. The number of aryl methyl sites for hydroxylation is 1. The fraction of sp³-hybridized carbons (Fsp3) is 0.353. The molecule has 0 saturated heterocycles. The maximum Gasteiger partial charge on any atom is 0.128 e. The van der Waals surface area contributed by atoms with Crippen LogP contribution in [0.3, 0.4) is 0 Å². The van der Waals surface area contributed by atoms with Crippen LogP contribution in [-0.2, 0) is 6.54 Å². The Labute approximate surface area is 121 Å². The summed E-state index contributed by atoms with van der Waals surface area (Å²) in [4.78, 5) is 6.84. The van der Waals surface area contributed by atoms with Gasteiger partial charge in [0.25, 0.3) is 0 Å². The summed E-state index contributed by atoms with van der Waals surface area (Å²) < 4.78 is 0. The van der Waals surface area contributed by atoms with Crippen molar-refractivity contribution in [2.45, 2.75) is 32.9 Å². The number of nitrogens with two attached hydrogens (primary N) is 1. The molecule has 1 aromatic carbocycles.